The van der Waals surface area contributed by atoms with E-state index in [0.717, 1.165) is 6.54 Å². The predicted octanol–water partition coefficient (Wildman–Crippen LogP) is 2.32. The van der Waals surface area contributed by atoms with Crippen LogP contribution in [0.5, 0.6) is 0 Å². The van der Waals surface area contributed by atoms with Crippen molar-refractivity contribution in [2.75, 3.05) is 13.1 Å². The number of carbonyl (C=O) groups is 1. The van der Waals surface area contributed by atoms with Gasteiger partial charge in [-0.3, -0.25) is 4.79 Å². The third-order valence-corrected chi connectivity index (χ3v) is 2.71. The van der Waals surface area contributed by atoms with E-state index >= 15 is 0 Å². The molecule has 0 bridgehead atoms. The van der Waals surface area contributed by atoms with Crippen molar-refractivity contribution in [2.45, 2.75) is 59.4 Å². The van der Waals surface area contributed by atoms with E-state index in [4.69, 9.17) is 0 Å². The number of amides is 1. The molecule has 0 aliphatic rings. The maximum absolute atomic E-state index is 11.4. The van der Waals surface area contributed by atoms with Crippen molar-refractivity contribution in [1.29, 1.82) is 0 Å². The third-order valence-electron chi connectivity index (χ3n) is 2.71. The van der Waals surface area contributed by atoms with Crippen LogP contribution in [0.25, 0.3) is 0 Å². The maximum Gasteiger partial charge on any atom is 0.234 e. The number of hydrogen-bond acceptors (Lipinski definition) is 2. The molecular weight excluding hydrogens is 200 g/mol. The summed E-state index contributed by atoms with van der Waals surface area (Å²) in [6.07, 6.45) is 5.01. The van der Waals surface area contributed by atoms with Crippen molar-refractivity contribution in [3.8, 4) is 0 Å². The molecule has 0 aliphatic carbocycles. The van der Waals surface area contributed by atoms with Crippen LogP contribution in [-0.2, 0) is 4.79 Å². The van der Waals surface area contributed by atoms with E-state index < -0.39 is 0 Å². The Labute approximate surface area is 100 Å². The molecule has 0 saturated carbocycles. The van der Waals surface area contributed by atoms with Crippen molar-refractivity contribution in [3.63, 3.8) is 0 Å². The van der Waals surface area contributed by atoms with E-state index in [0.29, 0.717) is 12.5 Å². The minimum atomic E-state index is 0.0975. The second-order valence-corrected chi connectivity index (χ2v) is 4.77. The molecule has 0 rings (SSSR count). The Kier molecular flexibility index (Phi) is 9.30. The van der Waals surface area contributed by atoms with Crippen LogP contribution in [0.1, 0.15) is 53.4 Å². The molecule has 0 radical (unpaired) electrons. The van der Waals surface area contributed by atoms with E-state index in [9.17, 15) is 4.79 Å². The van der Waals surface area contributed by atoms with Crippen LogP contribution in [0.2, 0.25) is 0 Å². The van der Waals surface area contributed by atoms with Gasteiger partial charge in [-0.2, -0.15) is 0 Å². The average molecular weight is 228 g/mol. The van der Waals surface area contributed by atoms with Gasteiger partial charge in [-0.25, -0.2) is 0 Å². The highest BCUT2D eigenvalue weighted by molar-refractivity contribution is 5.78. The molecular formula is C13H28N2O. The molecule has 0 heterocycles. The number of unbranched alkanes of at least 4 members (excludes halogenated alkanes) is 1. The van der Waals surface area contributed by atoms with Gasteiger partial charge in [-0.05, 0) is 32.7 Å². The van der Waals surface area contributed by atoms with Crippen LogP contribution in [0.3, 0.4) is 0 Å². The van der Waals surface area contributed by atoms with Gasteiger partial charge in [0.1, 0.15) is 0 Å². The molecule has 1 atom stereocenters. The highest BCUT2D eigenvalue weighted by Gasteiger charge is 2.07. The van der Waals surface area contributed by atoms with Crippen LogP contribution in [-0.4, -0.2) is 25.0 Å². The van der Waals surface area contributed by atoms with E-state index in [1.165, 1.54) is 25.7 Å². The zero-order valence-electron chi connectivity index (χ0n) is 11.3. The minimum absolute atomic E-state index is 0.0975. The first-order chi connectivity index (χ1) is 7.60. The lowest BCUT2D eigenvalue weighted by molar-refractivity contribution is -0.120. The van der Waals surface area contributed by atoms with Crippen LogP contribution in [0.15, 0.2) is 0 Å². The monoisotopic (exact) mass is 228 g/mol. The minimum Gasteiger partial charge on any atom is -0.353 e. The van der Waals surface area contributed by atoms with Crippen molar-refractivity contribution in [2.24, 2.45) is 5.92 Å². The van der Waals surface area contributed by atoms with E-state index in [1.807, 2.05) is 13.8 Å². The zero-order valence-corrected chi connectivity index (χ0v) is 11.3. The molecule has 0 aromatic carbocycles. The van der Waals surface area contributed by atoms with Gasteiger partial charge in [0, 0.05) is 6.04 Å². The van der Waals surface area contributed by atoms with Gasteiger partial charge in [0.2, 0.25) is 5.91 Å². The van der Waals surface area contributed by atoms with Gasteiger partial charge in [0.25, 0.3) is 0 Å². The van der Waals surface area contributed by atoms with E-state index in [2.05, 4.69) is 24.5 Å². The Balaban J connectivity index is 3.57. The molecule has 2 N–H and O–H groups in total. The summed E-state index contributed by atoms with van der Waals surface area (Å²) >= 11 is 0. The van der Waals surface area contributed by atoms with E-state index in [-0.39, 0.29) is 11.9 Å². The standard InChI is InChI=1S/C13H28N2O/c1-5-7-8-12(6-2)9-14-10-13(16)15-11(3)4/h11-12,14H,5-10H2,1-4H3,(H,15,16). The molecule has 0 aromatic rings. The quantitative estimate of drug-likeness (QED) is 0.636. The molecule has 0 aromatic heterocycles. The Morgan fingerprint density at radius 2 is 1.94 bits per heavy atom. The fourth-order valence-corrected chi connectivity index (χ4v) is 1.71. The van der Waals surface area contributed by atoms with Crippen molar-refractivity contribution >= 4 is 5.91 Å². The maximum atomic E-state index is 11.4. The number of hydrogen-bond donors (Lipinski definition) is 2. The Morgan fingerprint density at radius 3 is 2.44 bits per heavy atom. The molecule has 0 fully saturated rings. The van der Waals surface area contributed by atoms with E-state index in [1.54, 1.807) is 0 Å². The molecule has 0 spiro atoms. The largest absolute Gasteiger partial charge is 0.353 e. The predicted molar refractivity (Wildman–Crippen MR) is 69.5 cm³/mol. The van der Waals surface area contributed by atoms with Crippen molar-refractivity contribution in [3.05, 3.63) is 0 Å². The van der Waals surface area contributed by atoms with Gasteiger partial charge < -0.3 is 10.6 Å². The summed E-state index contributed by atoms with van der Waals surface area (Å²) in [5.74, 6) is 0.812. The molecule has 16 heavy (non-hydrogen) atoms. The van der Waals surface area contributed by atoms with Gasteiger partial charge >= 0.3 is 0 Å². The zero-order chi connectivity index (χ0) is 12.4. The first-order valence-corrected chi connectivity index (χ1v) is 6.60. The summed E-state index contributed by atoms with van der Waals surface area (Å²) in [5.41, 5.74) is 0. The van der Waals surface area contributed by atoms with Gasteiger partial charge in [-0.15, -0.1) is 0 Å². The lowest BCUT2D eigenvalue weighted by Crippen LogP contribution is -2.39. The normalized spacial score (nSPS) is 12.8. The fraction of sp³-hybridized carbons (Fsp3) is 0.923. The average Bonchev–Trinajstić information content (AvgIpc) is 2.22. The van der Waals surface area contributed by atoms with Crippen molar-refractivity contribution in [1.82, 2.24) is 10.6 Å². The summed E-state index contributed by atoms with van der Waals surface area (Å²) in [4.78, 5) is 11.4. The second-order valence-electron chi connectivity index (χ2n) is 4.77. The lowest BCUT2D eigenvalue weighted by atomic mass is 9.99. The topological polar surface area (TPSA) is 41.1 Å². The van der Waals surface area contributed by atoms with Gasteiger partial charge in [-0.1, -0.05) is 33.1 Å². The highest BCUT2D eigenvalue weighted by Crippen LogP contribution is 2.10. The number of rotatable bonds is 9. The van der Waals surface area contributed by atoms with Crippen LogP contribution in [0, 0.1) is 5.92 Å². The van der Waals surface area contributed by atoms with Gasteiger partial charge in [0.15, 0.2) is 0 Å². The molecule has 96 valence electrons. The Hall–Kier alpha value is -0.570. The Bertz CT molecular complexity index is 181. The van der Waals surface area contributed by atoms with Gasteiger partial charge in [0.05, 0.1) is 6.54 Å². The SMILES string of the molecule is CCCCC(CC)CNCC(=O)NC(C)C. The molecule has 3 nitrogen and oxygen atoms in total. The summed E-state index contributed by atoms with van der Waals surface area (Å²) < 4.78 is 0. The molecule has 1 unspecified atom stereocenters. The second kappa shape index (κ2) is 9.64. The molecule has 1 amide bonds. The molecule has 0 saturated heterocycles. The van der Waals surface area contributed by atoms with Crippen LogP contribution >= 0.6 is 0 Å². The Morgan fingerprint density at radius 1 is 1.25 bits per heavy atom. The molecule has 0 aliphatic heterocycles. The first-order valence-electron chi connectivity index (χ1n) is 6.60. The summed E-state index contributed by atoms with van der Waals surface area (Å²) in [5, 5.41) is 6.11. The smallest absolute Gasteiger partial charge is 0.234 e. The van der Waals surface area contributed by atoms with Crippen molar-refractivity contribution < 1.29 is 4.79 Å². The lowest BCUT2D eigenvalue weighted by Gasteiger charge is -2.15. The summed E-state index contributed by atoms with van der Waals surface area (Å²) in [6.45, 7) is 9.80. The summed E-state index contributed by atoms with van der Waals surface area (Å²) in [7, 11) is 0. The first kappa shape index (κ1) is 15.4. The van der Waals surface area contributed by atoms with Crippen LogP contribution < -0.4 is 10.6 Å². The number of carbonyl (C=O) groups excluding carboxylic acids is 1. The third kappa shape index (κ3) is 8.72. The molecule has 3 heteroatoms. The fourth-order valence-electron chi connectivity index (χ4n) is 1.71. The highest BCUT2D eigenvalue weighted by atomic mass is 16.1. The number of nitrogens with one attached hydrogen (secondary N) is 2. The van der Waals surface area contributed by atoms with Crippen LogP contribution in [0.4, 0.5) is 0 Å². The summed E-state index contributed by atoms with van der Waals surface area (Å²) in [6, 6.07) is 0.233.